The number of rotatable bonds is 6. The molecular weight excluding hydrogens is 440 g/mol. The summed E-state index contributed by atoms with van der Waals surface area (Å²) in [4.78, 5) is 13.7. The minimum Gasteiger partial charge on any atom is -0.489 e. The molecule has 0 bridgehead atoms. The minimum atomic E-state index is -0.142. The molecule has 35 heavy (non-hydrogen) atoms. The van der Waals surface area contributed by atoms with E-state index in [4.69, 9.17) is 4.74 Å². The maximum Gasteiger partial charge on any atom is 0.279 e. The summed E-state index contributed by atoms with van der Waals surface area (Å²) in [5.41, 5.74) is 4.07. The first kappa shape index (κ1) is 20.6. The van der Waals surface area contributed by atoms with Crippen molar-refractivity contribution in [1.29, 1.82) is 0 Å². The average Bonchev–Trinajstić information content (AvgIpc) is 3.56. The van der Waals surface area contributed by atoms with E-state index >= 15 is 0 Å². The number of benzene rings is 4. The van der Waals surface area contributed by atoms with Crippen molar-refractivity contribution >= 4 is 10.9 Å². The lowest BCUT2D eigenvalue weighted by Crippen LogP contribution is -2.20. The second-order valence-electron chi connectivity index (χ2n) is 8.01. The number of para-hydroxylation sites is 1. The van der Waals surface area contributed by atoms with E-state index in [1.54, 1.807) is 4.68 Å². The Morgan fingerprint density at radius 3 is 2.20 bits per heavy atom. The Kier molecular flexibility index (Phi) is 5.16. The predicted octanol–water partition coefficient (Wildman–Crippen LogP) is 4.54. The van der Waals surface area contributed by atoms with E-state index in [1.165, 1.54) is 0 Å². The molecule has 8 heteroatoms. The van der Waals surface area contributed by atoms with Crippen LogP contribution in [-0.4, -0.2) is 30.0 Å². The zero-order valence-electron chi connectivity index (χ0n) is 18.6. The highest BCUT2D eigenvalue weighted by Gasteiger charge is 2.18. The molecule has 6 rings (SSSR count). The summed E-state index contributed by atoms with van der Waals surface area (Å²) < 4.78 is 9.51. The van der Waals surface area contributed by atoms with Crippen LogP contribution >= 0.6 is 0 Å². The normalized spacial score (nSPS) is 11.1. The summed E-state index contributed by atoms with van der Waals surface area (Å²) in [5.74, 6) is 1.23. The van der Waals surface area contributed by atoms with E-state index in [2.05, 4.69) is 20.6 Å². The molecule has 0 fully saturated rings. The van der Waals surface area contributed by atoms with Crippen molar-refractivity contribution in [2.24, 2.45) is 0 Å². The van der Waals surface area contributed by atoms with Crippen molar-refractivity contribution < 1.29 is 4.74 Å². The Morgan fingerprint density at radius 2 is 1.49 bits per heavy atom. The van der Waals surface area contributed by atoms with E-state index in [9.17, 15) is 4.79 Å². The lowest BCUT2D eigenvalue weighted by atomic mass is 10.1. The van der Waals surface area contributed by atoms with Gasteiger partial charge in [0.05, 0.1) is 22.3 Å². The fourth-order valence-corrected chi connectivity index (χ4v) is 4.11. The SMILES string of the molecule is O=c1c2cc(-c3nnn[nH]3)ccc2n(-c2ccccc2)n1-c1ccc(OCc2ccccc2)cc1. The van der Waals surface area contributed by atoms with Gasteiger partial charge in [0, 0.05) is 5.56 Å². The van der Waals surface area contributed by atoms with Gasteiger partial charge in [-0.2, -0.15) is 0 Å². The maximum atomic E-state index is 13.7. The predicted molar refractivity (Wildman–Crippen MR) is 133 cm³/mol. The number of fused-ring (bicyclic) bond motifs is 1. The summed E-state index contributed by atoms with van der Waals surface area (Å²) in [6.45, 7) is 0.476. The number of hydrogen-bond donors (Lipinski definition) is 1. The Balaban J connectivity index is 1.44. The molecule has 0 amide bonds. The fraction of sp³-hybridized carbons (Fsp3) is 0.0370. The van der Waals surface area contributed by atoms with Crippen LogP contribution in [0.1, 0.15) is 5.56 Å². The maximum absolute atomic E-state index is 13.7. The monoisotopic (exact) mass is 460 g/mol. The van der Waals surface area contributed by atoms with Crippen molar-refractivity contribution in [2.75, 3.05) is 0 Å². The molecule has 0 aliphatic rings. The first-order chi connectivity index (χ1) is 17.3. The number of aromatic amines is 1. The van der Waals surface area contributed by atoms with Gasteiger partial charge < -0.3 is 4.74 Å². The highest BCUT2D eigenvalue weighted by Crippen LogP contribution is 2.25. The summed E-state index contributed by atoms with van der Waals surface area (Å²) in [6.07, 6.45) is 0. The van der Waals surface area contributed by atoms with Gasteiger partial charge in [0.15, 0.2) is 5.82 Å². The molecule has 1 N–H and O–H groups in total. The van der Waals surface area contributed by atoms with Crippen molar-refractivity contribution in [3.05, 3.63) is 119 Å². The van der Waals surface area contributed by atoms with Gasteiger partial charge in [-0.1, -0.05) is 48.5 Å². The molecule has 170 valence electrons. The molecule has 0 saturated carbocycles. The molecule has 0 atom stereocenters. The second-order valence-corrected chi connectivity index (χ2v) is 8.01. The van der Waals surface area contributed by atoms with Gasteiger partial charge in [0.1, 0.15) is 12.4 Å². The van der Waals surface area contributed by atoms with Crippen molar-refractivity contribution in [2.45, 2.75) is 6.61 Å². The Bertz CT molecular complexity index is 1640. The number of aromatic nitrogens is 6. The number of tetrazole rings is 1. The molecule has 0 radical (unpaired) electrons. The molecular formula is C27H20N6O2. The van der Waals surface area contributed by atoms with E-state index in [-0.39, 0.29) is 5.56 Å². The molecule has 4 aromatic carbocycles. The zero-order chi connectivity index (χ0) is 23.6. The lowest BCUT2D eigenvalue weighted by Gasteiger charge is -2.14. The molecule has 0 aliphatic carbocycles. The molecule has 8 nitrogen and oxygen atoms in total. The third-order valence-electron chi connectivity index (χ3n) is 5.80. The minimum absolute atomic E-state index is 0.142. The molecule has 0 unspecified atom stereocenters. The largest absolute Gasteiger partial charge is 0.489 e. The smallest absolute Gasteiger partial charge is 0.279 e. The van der Waals surface area contributed by atoms with Crippen LogP contribution < -0.4 is 10.3 Å². The van der Waals surface area contributed by atoms with E-state index < -0.39 is 0 Å². The Labute approximate surface area is 200 Å². The quantitative estimate of drug-likeness (QED) is 0.394. The number of nitrogens with one attached hydrogen (secondary N) is 1. The van der Waals surface area contributed by atoms with Gasteiger partial charge in [-0.15, -0.1) is 5.10 Å². The zero-order valence-corrected chi connectivity index (χ0v) is 18.6. The molecule has 0 saturated heterocycles. The Morgan fingerprint density at radius 1 is 0.771 bits per heavy atom. The number of hydrogen-bond acceptors (Lipinski definition) is 5. The topological polar surface area (TPSA) is 90.6 Å². The molecule has 6 aromatic rings. The number of ether oxygens (including phenoxy) is 1. The number of nitrogens with zero attached hydrogens (tertiary/aromatic N) is 5. The van der Waals surface area contributed by atoms with Crippen LogP contribution in [0.4, 0.5) is 0 Å². The van der Waals surface area contributed by atoms with Crippen molar-refractivity contribution in [3.8, 4) is 28.5 Å². The van der Waals surface area contributed by atoms with Crippen LogP contribution in [0.3, 0.4) is 0 Å². The van der Waals surface area contributed by atoms with E-state index in [0.29, 0.717) is 17.8 Å². The van der Waals surface area contributed by atoms with Gasteiger partial charge in [-0.25, -0.2) is 14.5 Å². The molecule has 2 aromatic heterocycles. The van der Waals surface area contributed by atoms with Crippen molar-refractivity contribution in [1.82, 2.24) is 30.0 Å². The lowest BCUT2D eigenvalue weighted by molar-refractivity contribution is 0.306. The first-order valence-electron chi connectivity index (χ1n) is 11.1. The van der Waals surface area contributed by atoms with Crippen molar-refractivity contribution in [3.63, 3.8) is 0 Å². The molecule has 0 spiro atoms. The highest BCUT2D eigenvalue weighted by molar-refractivity contribution is 5.85. The van der Waals surface area contributed by atoms with Crippen LogP contribution in [0, 0.1) is 0 Å². The second kappa shape index (κ2) is 8.75. The fourth-order valence-electron chi connectivity index (χ4n) is 4.11. The van der Waals surface area contributed by atoms with Crippen LogP contribution in [0.15, 0.2) is 108 Å². The van der Waals surface area contributed by atoms with Gasteiger partial charge >= 0.3 is 0 Å². The molecule has 2 heterocycles. The first-order valence-corrected chi connectivity index (χ1v) is 11.1. The standard InChI is InChI=1S/C27H20N6O2/c34-27-24-17-20(26-28-30-31-29-26)11-16-25(24)32(21-9-5-2-6-10-21)33(27)22-12-14-23(15-13-22)35-18-19-7-3-1-4-8-19/h1-17H,18H2,(H,28,29,30,31). The van der Waals surface area contributed by atoms with Gasteiger partial charge in [0.25, 0.3) is 5.56 Å². The Hall–Kier alpha value is -4.98. The summed E-state index contributed by atoms with van der Waals surface area (Å²) >= 11 is 0. The number of H-pyrrole nitrogens is 1. The molecule has 0 aliphatic heterocycles. The summed E-state index contributed by atoms with van der Waals surface area (Å²) in [6, 6.07) is 33.0. The van der Waals surface area contributed by atoms with Crippen LogP contribution in [0.25, 0.3) is 33.7 Å². The van der Waals surface area contributed by atoms with Crippen LogP contribution in [-0.2, 0) is 6.61 Å². The van der Waals surface area contributed by atoms with Gasteiger partial charge in [-0.3, -0.25) is 4.79 Å². The average molecular weight is 460 g/mol. The highest BCUT2D eigenvalue weighted by atomic mass is 16.5. The van der Waals surface area contributed by atoms with Crippen LogP contribution in [0.5, 0.6) is 5.75 Å². The van der Waals surface area contributed by atoms with E-state index in [0.717, 1.165) is 33.8 Å². The van der Waals surface area contributed by atoms with Gasteiger partial charge in [0.2, 0.25) is 0 Å². The summed E-state index contributed by atoms with van der Waals surface area (Å²) in [5, 5.41) is 14.6. The third kappa shape index (κ3) is 3.87. The summed E-state index contributed by atoms with van der Waals surface area (Å²) in [7, 11) is 0. The van der Waals surface area contributed by atoms with E-state index in [1.807, 2.05) is 108 Å². The third-order valence-corrected chi connectivity index (χ3v) is 5.80. The van der Waals surface area contributed by atoms with Gasteiger partial charge in [-0.05, 0) is 70.6 Å². The van der Waals surface area contributed by atoms with Crippen LogP contribution in [0.2, 0.25) is 0 Å².